The van der Waals surface area contributed by atoms with Crippen LogP contribution in [0.3, 0.4) is 0 Å². The highest BCUT2D eigenvalue weighted by molar-refractivity contribution is 7.98. The van der Waals surface area contributed by atoms with E-state index in [9.17, 15) is 4.79 Å². The zero-order valence-electron chi connectivity index (χ0n) is 9.67. The minimum absolute atomic E-state index is 0.160. The Morgan fingerprint density at radius 1 is 0.941 bits per heavy atom. The molecule has 0 aromatic heterocycles. The minimum atomic E-state index is -0.160. The van der Waals surface area contributed by atoms with Crippen molar-refractivity contribution in [3.63, 3.8) is 0 Å². The average Bonchev–Trinajstić information content (AvgIpc) is 2.42. The fourth-order valence-electron chi connectivity index (χ4n) is 1.82. The molecule has 0 radical (unpaired) electrons. The summed E-state index contributed by atoms with van der Waals surface area (Å²) in [4.78, 5) is 12.5. The predicted octanol–water partition coefficient (Wildman–Crippen LogP) is 3.74. The summed E-state index contributed by atoms with van der Waals surface area (Å²) in [7, 11) is 0. The summed E-state index contributed by atoms with van der Waals surface area (Å²) in [5, 5.41) is 0. The van der Waals surface area contributed by atoms with E-state index in [1.165, 1.54) is 4.90 Å². The third kappa shape index (κ3) is 2.77. The number of aldehydes is 1. The van der Waals surface area contributed by atoms with Crippen molar-refractivity contribution in [2.24, 2.45) is 0 Å². The van der Waals surface area contributed by atoms with E-state index < -0.39 is 0 Å². The second-order valence-corrected chi connectivity index (χ2v) is 4.68. The number of hydrogen-bond donors (Lipinski definition) is 0. The molecule has 0 aliphatic heterocycles. The van der Waals surface area contributed by atoms with Crippen LogP contribution in [0.25, 0.3) is 0 Å². The van der Waals surface area contributed by atoms with Gasteiger partial charge in [-0.15, -0.1) is 11.8 Å². The van der Waals surface area contributed by atoms with E-state index in [-0.39, 0.29) is 5.92 Å². The normalized spacial score (nSPS) is 12.1. The van der Waals surface area contributed by atoms with Crippen molar-refractivity contribution in [2.45, 2.75) is 10.8 Å². The summed E-state index contributed by atoms with van der Waals surface area (Å²) < 4.78 is 0. The summed E-state index contributed by atoms with van der Waals surface area (Å²) in [6, 6.07) is 18.0. The summed E-state index contributed by atoms with van der Waals surface area (Å²) >= 11 is 1.70. The maximum atomic E-state index is 11.3. The molecule has 0 heterocycles. The molecule has 17 heavy (non-hydrogen) atoms. The number of rotatable bonds is 4. The first-order valence-electron chi connectivity index (χ1n) is 5.49. The van der Waals surface area contributed by atoms with Crippen LogP contribution in [0.15, 0.2) is 59.5 Å². The van der Waals surface area contributed by atoms with Gasteiger partial charge in [0.15, 0.2) is 0 Å². The standard InChI is InChI=1S/C15H14OS/c1-17-14-9-7-13(8-10-14)15(11-16)12-5-3-2-4-6-12/h2-11,15H,1H3. The molecule has 0 aliphatic rings. The maximum Gasteiger partial charge on any atom is 0.131 e. The molecule has 0 bridgehead atoms. The summed E-state index contributed by atoms with van der Waals surface area (Å²) in [5.74, 6) is -0.160. The summed E-state index contributed by atoms with van der Waals surface area (Å²) in [6.07, 6.45) is 3.05. The van der Waals surface area contributed by atoms with Crippen LogP contribution < -0.4 is 0 Å². The lowest BCUT2D eigenvalue weighted by atomic mass is 9.93. The molecule has 0 saturated heterocycles. The monoisotopic (exact) mass is 242 g/mol. The quantitative estimate of drug-likeness (QED) is 0.600. The van der Waals surface area contributed by atoms with Crippen molar-refractivity contribution in [3.8, 4) is 0 Å². The van der Waals surface area contributed by atoms with Gasteiger partial charge in [-0.2, -0.15) is 0 Å². The summed E-state index contributed by atoms with van der Waals surface area (Å²) in [5.41, 5.74) is 2.09. The predicted molar refractivity (Wildman–Crippen MR) is 72.6 cm³/mol. The molecule has 0 aliphatic carbocycles. The van der Waals surface area contributed by atoms with Crippen LogP contribution in [-0.2, 0) is 4.79 Å². The molecule has 2 heteroatoms. The van der Waals surface area contributed by atoms with E-state index in [1.54, 1.807) is 11.8 Å². The molecule has 0 amide bonds. The van der Waals surface area contributed by atoms with E-state index in [0.717, 1.165) is 17.4 Å². The second-order valence-electron chi connectivity index (χ2n) is 3.80. The van der Waals surface area contributed by atoms with Crippen LogP contribution >= 0.6 is 11.8 Å². The zero-order chi connectivity index (χ0) is 12.1. The van der Waals surface area contributed by atoms with Crippen molar-refractivity contribution >= 4 is 18.0 Å². The lowest BCUT2D eigenvalue weighted by Gasteiger charge is -2.11. The van der Waals surface area contributed by atoms with Crippen LogP contribution in [0, 0.1) is 0 Å². The van der Waals surface area contributed by atoms with E-state index >= 15 is 0 Å². The Kier molecular flexibility index (Phi) is 3.99. The van der Waals surface area contributed by atoms with Gasteiger partial charge < -0.3 is 4.79 Å². The van der Waals surface area contributed by atoms with E-state index in [2.05, 4.69) is 12.1 Å². The molecular formula is C15H14OS. The number of carbonyl (C=O) groups is 1. The van der Waals surface area contributed by atoms with Crippen molar-refractivity contribution in [3.05, 3.63) is 65.7 Å². The maximum absolute atomic E-state index is 11.3. The second kappa shape index (κ2) is 5.69. The molecule has 1 nitrogen and oxygen atoms in total. The van der Waals surface area contributed by atoms with E-state index in [0.29, 0.717) is 0 Å². The van der Waals surface area contributed by atoms with Gasteiger partial charge in [0.25, 0.3) is 0 Å². The molecule has 1 unspecified atom stereocenters. The molecule has 2 aromatic carbocycles. The highest BCUT2D eigenvalue weighted by Gasteiger charge is 2.12. The largest absolute Gasteiger partial charge is 0.302 e. The molecular weight excluding hydrogens is 228 g/mol. The Bertz CT molecular complexity index is 476. The fraction of sp³-hybridized carbons (Fsp3) is 0.133. The average molecular weight is 242 g/mol. The lowest BCUT2D eigenvalue weighted by Crippen LogP contribution is -2.01. The van der Waals surface area contributed by atoms with Gasteiger partial charge in [-0.3, -0.25) is 0 Å². The summed E-state index contributed by atoms with van der Waals surface area (Å²) in [6.45, 7) is 0. The zero-order valence-corrected chi connectivity index (χ0v) is 10.5. The molecule has 2 aromatic rings. The highest BCUT2D eigenvalue weighted by Crippen LogP contribution is 2.24. The van der Waals surface area contributed by atoms with Crippen molar-refractivity contribution < 1.29 is 4.79 Å². The van der Waals surface area contributed by atoms with E-state index in [4.69, 9.17) is 0 Å². The molecule has 0 spiro atoms. The lowest BCUT2D eigenvalue weighted by molar-refractivity contribution is -0.108. The van der Waals surface area contributed by atoms with Gasteiger partial charge in [0, 0.05) is 4.90 Å². The number of hydrogen-bond acceptors (Lipinski definition) is 2. The number of thioether (sulfide) groups is 1. The Morgan fingerprint density at radius 2 is 1.53 bits per heavy atom. The molecule has 2 rings (SSSR count). The minimum Gasteiger partial charge on any atom is -0.302 e. The number of carbonyl (C=O) groups excluding carboxylic acids is 1. The highest BCUT2D eigenvalue weighted by atomic mass is 32.2. The van der Waals surface area contributed by atoms with Gasteiger partial charge in [0.1, 0.15) is 6.29 Å². The van der Waals surface area contributed by atoms with Crippen LogP contribution in [-0.4, -0.2) is 12.5 Å². The molecule has 86 valence electrons. The van der Waals surface area contributed by atoms with Crippen molar-refractivity contribution in [1.82, 2.24) is 0 Å². The smallest absolute Gasteiger partial charge is 0.131 e. The molecule has 0 fully saturated rings. The Hall–Kier alpha value is -1.54. The van der Waals surface area contributed by atoms with Crippen molar-refractivity contribution in [2.75, 3.05) is 6.26 Å². The van der Waals surface area contributed by atoms with Crippen LogP contribution in [0.5, 0.6) is 0 Å². The fourth-order valence-corrected chi connectivity index (χ4v) is 2.23. The van der Waals surface area contributed by atoms with Gasteiger partial charge in [0.05, 0.1) is 5.92 Å². The molecule has 0 N–H and O–H groups in total. The number of benzene rings is 2. The third-order valence-corrected chi connectivity index (χ3v) is 3.51. The third-order valence-electron chi connectivity index (χ3n) is 2.77. The van der Waals surface area contributed by atoms with Gasteiger partial charge in [0.2, 0.25) is 0 Å². The first-order chi connectivity index (χ1) is 8.35. The topological polar surface area (TPSA) is 17.1 Å². The van der Waals surface area contributed by atoms with Gasteiger partial charge in [-0.25, -0.2) is 0 Å². The Labute approximate surface area is 106 Å². The Balaban J connectivity index is 2.32. The Morgan fingerprint density at radius 3 is 2.06 bits per heavy atom. The van der Waals surface area contributed by atoms with Crippen LogP contribution in [0.1, 0.15) is 17.0 Å². The van der Waals surface area contributed by atoms with Gasteiger partial charge in [-0.1, -0.05) is 42.5 Å². The molecule has 1 atom stereocenters. The first kappa shape index (κ1) is 11.9. The van der Waals surface area contributed by atoms with E-state index in [1.807, 2.05) is 48.7 Å². The van der Waals surface area contributed by atoms with Gasteiger partial charge in [-0.05, 0) is 29.5 Å². The first-order valence-corrected chi connectivity index (χ1v) is 6.72. The van der Waals surface area contributed by atoms with Gasteiger partial charge >= 0.3 is 0 Å². The van der Waals surface area contributed by atoms with Crippen molar-refractivity contribution in [1.29, 1.82) is 0 Å². The SMILES string of the molecule is CSc1ccc(C(C=O)c2ccccc2)cc1. The van der Waals surface area contributed by atoms with Crippen LogP contribution in [0.4, 0.5) is 0 Å². The molecule has 0 saturated carbocycles. The van der Waals surface area contributed by atoms with Crippen LogP contribution in [0.2, 0.25) is 0 Å².